The van der Waals surface area contributed by atoms with Gasteiger partial charge < -0.3 is 9.47 Å². The number of ether oxygens (including phenoxy) is 2. The van der Waals surface area contributed by atoms with Gasteiger partial charge in [0, 0.05) is 0 Å². The Morgan fingerprint density at radius 3 is 2.15 bits per heavy atom. The molecule has 0 radical (unpaired) electrons. The molecule has 27 heavy (non-hydrogen) atoms. The van der Waals surface area contributed by atoms with E-state index in [2.05, 4.69) is 4.72 Å². The largest absolute Gasteiger partial charge is 0.495 e. The molecule has 0 aromatic heterocycles. The second-order valence-corrected chi connectivity index (χ2v) is 7.75. The minimum Gasteiger partial charge on any atom is -0.495 e. The summed E-state index contributed by atoms with van der Waals surface area (Å²) in [7, 11) is -2.41. The maximum Gasteiger partial charge on any atom is 0.265 e. The van der Waals surface area contributed by atoms with Gasteiger partial charge in [0.15, 0.2) is 5.75 Å². The summed E-state index contributed by atoms with van der Waals surface area (Å²) in [5.41, 5.74) is 2.17. The summed E-state index contributed by atoms with van der Waals surface area (Å²) in [6.07, 6.45) is 0. The van der Waals surface area contributed by atoms with Gasteiger partial charge in [-0.25, -0.2) is 8.42 Å². The Bertz CT molecular complexity index is 1050. The first-order valence-electron chi connectivity index (χ1n) is 8.40. The molecule has 0 amide bonds. The molecule has 0 aliphatic carbocycles. The van der Waals surface area contributed by atoms with Gasteiger partial charge in [-0.2, -0.15) is 0 Å². The lowest BCUT2D eigenvalue weighted by Crippen LogP contribution is -2.15. The van der Waals surface area contributed by atoms with Crippen molar-refractivity contribution in [1.82, 2.24) is 0 Å². The van der Waals surface area contributed by atoms with Crippen molar-refractivity contribution in [2.24, 2.45) is 0 Å². The fraction of sp³-hybridized carbons (Fsp3) is 0.143. The lowest BCUT2D eigenvalue weighted by Gasteiger charge is -2.16. The zero-order valence-corrected chi connectivity index (χ0v) is 16.2. The second kappa shape index (κ2) is 7.72. The molecule has 1 N–H and O–H groups in total. The van der Waals surface area contributed by atoms with Crippen molar-refractivity contribution in [3.05, 3.63) is 77.9 Å². The van der Waals surface area contributed by atoms with Crippen molar-refractivity contribution in [2.75, 3.05) is 11.8 Å². The lowest BCUT2D eigenvalue weighted by molar-refractivity contribution is 0.402. The Morgan fingerprint density at radius 2 is 1.44 bits per heavy atom. The first-order chi connectivity index (χ1) is 12.9. The zero-order valence-electron chi connectivity index (χ0n) is 15.4. The SMILES string of the molecule is COc1cc(C)c(C)cc1S(=O)(=O)Nc1ccccc1Oc1ccccc1. The van der Waals surface area contributed by atoms with Gasteiger partial charge in [-0.3, -0.25) is 4.72 Å². The number of para-hydroxylation sites is 3. The molecule has 0 spiro atoms. The van der Waals surface area contributed by atoms with Crippen molar-refractivity contribution in [1.29, 1.82) is 0 Å². The lowest BCUT2D eigenvalue weighted by atomic mass is 10.1. The maximum atomic E-state index is 13.0. The van der Waals surface area contributed by atoms with Crippen LogP contribution < -0.4 is 14.2 Å². The van der Waals surface area contributed by atoms with Gasteiger partial charge in [0.25, 0.3) is 10.0 Å². The average Bonchev–Trinajstić information content (AvgIpc) is 2.65. The third kappa shape index (κ3) is 4.23. The quantitative estimate of drug-likeness (QED) is 0.657. The number of rotatable bonds is 6. The highest BCUT2D eigenvalue weighted by molar-refractivity contribution is 7.92. The van der Waals surface area contributed by atoms with Crippen LogP contribution in [0.5, 0.6) is 17.2 Å². The fourth-order valence-corrected chi connectivity index (χ4v) is 3.90. The van der Waals surface area contributed by atoms with E-state index < -0.39 is 10.0 Å². The van der Waals surface area contributed by atoms with Gasteiger partial charge >= 0.3 is 0 Å². The Kier molecular flexibility index (Phi) is 5.37. The van der Waals surface area contributed by atoms with Gasteiger partial charge in [-0.15, -0.1) is 0 Å². The summed E-state index contributed by atoms with van der Waals surface area (Å²) >= 11 is 0. The van der Waals surface area contributed by atoms with E-state index in [1.54, 1.807) is 48.5 Å². The molecule has 0 heterocycles. The number of aryl methyl sites for hydroxylation is 2. The average molecular weight is 383 g/mol. The zero-order chi connectivity index (χ0) is 19.4. The van der Waals surface area contributed by atoms with Crippen LogP contribution in [-0.4, -0.2) is 15.5 Å². The predicted molar refractivity (Wildman–Crippen MR) is 106 cm³/mol. The molecule has 0 fully saturated rings. The van der Waals surface area contributed by atoms with Crippen molar-refractivity contribution in [3.63, 3.8) is 0 Å². The number of hydrogen-bond donors (Lipinski definition) is 1. The van der Waals surface area contributed by atoms with Crippen LogP contribution >= 0.6 is 0 Å². The van der Waals surface area contributed by atoms with Crippen molar-refractivity contribution < 1.29 is 17.9 Å². The Labute approximate surface area is 159 Å². The monoisotopic (exact) mass is 383 g/mol. The van der Waals surface area contributed by atoms with Crippen LogP contribution in [0.25, 0.3) is 0 Å². The van der Waals surface area contributed by atoms with Crippen molar-refractivity contribution in [2.45, 2.75) is 18.7 Å². The first kappa shape index (κ1) is 18.8. The highest BCUT2D eigenvalue weighted by Gasteiger charge is 2.22. The van der Waals surface area contributed by atoms with E-state index in [4.69, 9.17) is 9.47 Å². The van der Waals surface area contributed by atoms with E-state index in [-0.39, 0.29) is 4.90 Å². The van der Waals surface area contributed by atoms with Gasteiger partial charge in [0.05, 0.1) is 12.8 Å². The first-order valence-corrected chi connectivity index (χ1v) is 9.89. The van der Waals surface area contributed by atoms with Crippen LogP contribution in [0.3, 0.4) is 0 Å². The Balaban J connectivity index is 1.97. The molecule has 3 rings (SSSR count). The molecule has 3 aromatic rings. The molecular formula is C21H21NO4S. The molecule has 0 aliphatic heterocycles. The van der Waals surface area contributed by atoms with Crippen LogP contribution in [-0.2, 0) is 10.0 Å². The molecule has 140 valence electrons. The van der Waals surface area contributed by atoms with E-state index in [9.17, 15) is 8.42 Å². The minimum absolute atomic E-state index is 0.0858. The van der Waals surface area contributed by atoms with Crippen LogP contribution in [0.1, 0.15) is 11.1 Å². The van der Waals surface area contributed by atoms with Crippen molar-refractivity contribution >= 4 is 15.7 Å². The summed E-state index contributed by atoms with van der Waals surface area (Å²) in [6.45, 7) is 3.77. The molecule has 0 saturated heterocycles. The molecule has 5 nitrogen and oxygen atoms in total. The summed E-state index contributed by atoms with van der Waals surface area (Å²) in [5, 5.41) is 0. The maximum absolute atomic E-state index is 13.0. The number of benzene rings is 3. The van der Waals surface area contributed by atoms with Crippen molar-refractivity contribution in [3.8, 4) is 17.2 Å². The minimum atomic E-state index is -3.87. The molecule has 0 unspecified atom stereocenters. The van der Waals surface area contributed by atoms with E-state index in [1.807, 2.05) is 32.0 Å². The third-order valence-corrected chi connectivity index (χ3v) is 5.56. The molecule has 3 aromatic carbocycles. The fourth-order valence-electron chi connectivity index (χ4n) is 2.59. The van der Waals surface area contributed by atoms with Gasteiger partial charge in [0.1, 0.15) is 16.4 Å². The van der Waals surface area contributed by atoms with Gasteiger partial charge in [-0.1, -0.05) is 30.3 Å². The molecule has 0 aliphatic rings. The van der Waals surface area contributed by atoms with Gasteiger partial charge in [-0.05, 0) is 61.4 Å². The summed E-state index contributed by atoms with van der Waals surface area (Å²) in [6, 6.07) is 19.4. The van der Waals surface area contributed by atoms with Crippen LogP contribution in [0.2, 0.25) is 0 Å². The normalized spacial score (nSPS) is 11.1. The van der Waals surface area contributed by atoms with Gasteiger partial charge in [0.2, 0.25) is 0 Å². The predicted octanol–water partition coefficient (Wildman–Crippen LogP) is 4.91. The summed E-state index contributed by atoms with van der Waals surface area (Å²) in [5.74, 6) is 1.33. The Morgan fingerprint density at radius 1 is 0.815 bits per heavy atom. The molecule has 0 bridgehead atoms. The second-order valence-electron chi connectivity index (χ2n) is 6.10. The van der Waals surface area contributed by atoms with E-state index >= 15 is 0 Å². The van der Waals surface area contributed by atoms with E-state index in [1.165, 1.54) is 7.11 Å². The standard InChI is InChI=1S/C21H21NO4S/c1-15-13-20(25-3)21(14-16(15)2)27(23,24)22-18-11-7-8-12-19(18)26-17-9-5-4-6-10-17/h4-14,22H,1-3H3. The number of methoxy groups -OCH3 is 1. The highest BCUT2D eigenvalue weighted by atomic mass is 32.2. The molecule has 0 saturated carbocycles. The van der Waals surface area contributed by atoms with E-state index in [0.717, 1.165) is 11.1 Å². The summed E-state index contributed by atoms with van der Waals surface area (Å²) in [4.78, 5) is 0.0858. The molecule has 6 heteroatoms. The number of hydrogen-bond acceptors (Lipinski definition) is 4. The Hall–Kier alpha value is -2.99. The van der Waals surface area contributed by atoms with Crippen LogP contribution in [0.15, 0.2) is 71.6 Å². The third-order valence-electron chi connectivity index (χ3n) is 4.17. The van der Waals surface area contributed by atoms with E-state index in [0.29, 0.717) is 22.9 Å². The molecular weight excluding hydrogens is 362 g/mol. The highest BCUT2D eigenvalue weighted by Crippen LogP contribution is 2.33. The smallest absolute Gasteiger partial charge is 0.265 e. The number of sulfonamides is 1. The topological polar surface area (TPSA) is 64.6 Å². The molecule has 0 atom stereocenters. The number of nitrogens with one attached hydrogen (secondary N) is 1. The van der Waals surface area contributed by atoms with Crippen LogP contribution in [0, 0.1) is 13.8 Å². The summed E-state index contributed by atoms with van der Waals surface area (Å²) < 4.78 is 39.7. The van der Waals surface area contributed by atoms with Crippen LogP contribution in [0.4, 0.5) is 5.69 Å². The number of anilines is 1.